The molecular weight excluding hydrogens is 460 g/mol. The molecule has 1 aliphatic rings. The molecule has 14 heteroatoms. The third kappa shape index (κ3) is 5.21. The first kappa shape index (κ1) is 23.9. The van der Waals surface area contributed by atoms with Crippen LogP contribution in [0.1, 0.15) is 45.8 Å². The largest absolute Gasteiger partial charge is 0.465 e. The van der Waals surface area contributed by atoms with Crippen LogP contribution in [0.25, 0.3) is 0 Å². The van der Waals surface area contributed by atoms with Crippen molar-refractivity contribution in [3.8, 4) is 0 Å². The molecule has 2 amide bonds. The van der Waals surface area contributed by atoms with Gasteiger partial charge in [0.15, 0.2) is 12.3 Å². The van der Waals surface area contributed by atoms with E-state index in [0.29, 0.717) is 12.1 Å². The lowest BCUT2D eigenvalue weighted by Crippen LogP contribution is -2.35. The van der Waals surface area contributed by atoms with Crippen LogP contribution >= 0.6 is 0 Å². The van der Waals surface area contributed by atoms with Crippen molar-refractivity contribution in [2.75, 3.05) is 13.7 Å². The number of hydrogen-bond donors (Lipinski definition) is 1. The van der Waals surface area contributed by atoms with Crippen LogP contribution in [-0.2, 0) is 21.9 Å². The first-order chi connectivity index (χ1) is 15.3. The molecule has 1 aliphatic heterocycles. The quantitative estimate of drug-likeness (QED) is 0.686. The molecule has 1 aromatic carbocycles. The summed E-state index contributed by atoms with van der Waals surface area (Å²) in [5, 5.41) is 3.70. The van der Waals surface area contributed by atoms with E-state index in [1.54, 1.807) is 0 Å². The van der Waals surface area contributed by atoms with Gasteiger partial charge in [-0.2, -0.15) is 26.3 Å². The SMILES string of the molecule is CC(c1nccnc1C1=NNC(=O)CO1)N(C)C(=O)c1cc(C(F)(F)F)cc(C(F)(F)F)c1. The fourth-order valence-electron chi connectivity index (χ4n) is 2.89. The summed E-state index contributed by atoms with van der Waals surface area (Å²) < 4.78 is 84.0. The molecule has 0 bridgehead atoms. The van der Waals surface area contributed by atoms with Gasteiger partial charge in [-0.1, -0.05) is 0 Å². The van der Waals surface area contributed by atoms with E-state index in [-0.39, 0.29) is 30.0 Å². The lowest BCUT2D eigenvalue weighted by atomic mass is 10.0. The number of hydrazone groups is 1. The zero-order valence-electron chi connectivity index (χ0n) is 17.0. The highest BCUT2D eigenvalue weighted by molar-refractivity contribution is 5.98. The van der Waals surface area contributed by atoms with Crippen molar-refractivity contribution < 1.29 is 40.7 Å². The summed E-state index contributed by atoms with van der Waals surface area (Å²) >= 11 is 0. The number of benzene rings is 1. The first-order valence-electron chi connectivity index (χ1n) is 9.16. The van der Waals surface area contributed by atoms with Gasteiger partial charge in [0, 0.05) is 25.0 Å². The minimum absolute atomic E-state index is 0.0321. The molecule has 33 heavy (non-hydrogen) atoms. The average molecular weight is 475 g/mol. The molecule has 0 aliphatic carbocycles. The standard InChI is InChI=1S/C19H15F6N5O3/c1-9(14-15(27-4-3-26-14)16-29-28-13(31)8-33-16)30(2)17(32)10-5-11(18(20,21)22)7-12(6-10)19(23,24)25/h3-7,9H,8H2,1-2H3,(H,28,31). The predicted molar refractivity (Wildman–Crippen MR) is 99.6 cm³/mol. The summed E-state index contributed by atoms with van der Waals surface area (Å²) in [6, 6.07) is -0.341. The van der Waals surface area contributed by atoms with Crippen LogP contribution in [-0.4, -0.2) is 46.2 Å². The fraction of sp³-hybridized carbons (Fsp3) is 0.316. The second-order valence-electron chi connectivity index (χ2n) is 6.92. The van der Waals surface area contributed by atoms with Crippen molar-refractivity contribution in [3.63, 3.8) is 0 Å². The van der Waals surface area contributed by atoms with E-state index in [2.05, 4.69) is 20.5 Å². The minimum atomic E-state index is -5.10. The molecule has 3 rings (SSSR count). The van der Waals surface area contributed by atoms with Crippen LogP contribution in [0, 0.1) is 0 Å². The van der Waals surface area contributed by atoms with Crippen LogP contribution in [0.15, 0.2) is 35.7 Å². The molecule has 1 N–H and O–H groups in total. The molecule has 0 saturated carbocycles. The third-order valence-corrected chi connectivity index (χ3v) is 4.68. The van der Waals surface area contributed by atoms with Gasteiger partial charge in [0.25, 0.3) is 17.7 Å². The number of amides is 2. The van der Waals surface area contributed by atoms with Crippen LogP contribution in [0.5, 0.6) is 0 Å². The zero-order chi connectivity index (χ0) is 24.6. The van der Waals surface area contributed by atoms with Gasteiger partial charge in [0.1, 0.15) is 0 Å². The van der Waals surface area contributed by atoms with Crippen molar-refractivity contribution in [3.05, 3.63) is 58.7 Å². The molecular formula is C19H15F6N5O3. The molecule has 0 saturated heterocycles. The summed E-state index contributed by atoms with van der Waals surface area (Å²) in [5.41, 5.74) is -1.73. The number of rotatable bonds is 4. The van der Waals surface area contributed by atoms with E-state index in [9.17, 15) is 35.9 Å². The summed E-state index contributed by atoms with van der Waals surface area (Å²) in [7, 11) is 1.18. The molecule has 8 nitrogen and oxygen atoms in total. The average Bonchev–Trinajstić information content (AvgIpc) is 2.76. The molecule has 1 atom stereocenters. The van der Waals surface area contributed by atoms with E-state index < -0.39 is 46.9 Å². The van der Waals surface area contributed by atoms with E-state index >= 15 is 0 Å². The Hall–Kier alpha value is -3.71. The summed E-state index contributed by atoms with van der Waals surface area (Å²) in [6.07, 6.45) is -7.65. The third-order valence-electron chi connectivity index (χ3n) is 4.68. The smallest absolute Gasteiger partial charge is 0.416 e. The van der Waals surface area contributed by atoms with Crippen molar-refractivity contribution in [1.82, 2.24) is 20.3 Å². The summed E-state index contributed by atoms with van der Waals surface area (Å²) in [4.78, 5) is 33.1. The van der Waals surface area contributed by atoms with Gasteiger partial charge in [0.2, 0.25) is 0 Å². The topological polar surface area (TPSA) is 96.8 Å². The maximum atomic E-state index is 13.1. The molecule has 0 radical (unpaired) electrons. The van der Waals surface area contributed by atoms with Gasteiger partial charge in [-0.25, -0.2) is 10.4 Å². The monoisotopic (exact) mass is 475 g/mol. The van der Waals surface area contributed by atoms with E-state index in [0.717, 1.165) is 4.90 Å². The summed E-state index contributed by atoms with van der Waals surface area (Å²) in [5.74, 6) is -1.76. The molecule has 2 heterocycles. The second kappa shape index (κ2) is 8.67. The van der Waals surface area contributed by atoms with Gasteiger partial charge in [-0.3, -0.25) is 14.6 Å². The Labute approximate surface area is 182 Å². The number of carbonyl (C=O) groups excluding carboxylic acids is 2. The normalized spacial score (nSPS) is 15.3. The number of halogens is 6. The Bertz CT molecular complexity index is 1080. The van der Waals surface area contributed by atoms with Crippen LogP contribution in [0.3, 0.4) is 0 Å². The van der Waals surface area contributed by atoms with E-state index in [1.807, 2.05) is 0 Å². The second-order valence-corrected chi connectivity index (χ2v) is 6.92. The van der Waals surface area contributed by atoms with Crippen LogP contribution in [0.4, 0.5) is 26.3 Å². The number of hydrogen-bond acceptors (Lipinski definition) is 6. The highest BCUT2D eigenvalue weighted by Gasteiger charge is 2.38. The number of ether oxygens (including phenoxy) is 1. The van der Waals surface area contributed by atoms with Crippen molar-refractivity contribution in [2.24, 2.45) is 5.10 Å². The van der Waals surface area contributed by atoms with E-state index in [4.69, 9.17) is 4.74 Å². The molecule has 0 spiro atoms. The highest BCUT2D eigenvalue weighted by Crippen LogP contribution is 2.37. The fourth-order valence-corrected chi connectivity index (χ4v) is 2.89. The minimum Gasteiger partial charge on any atom is -0.465 e. The highest BCUT2D eigenvalue weighted by atomic mass is 19.4. The Morgan fingerprint density at radius 3 is 2.15 bits per heavy atom. The van der Waals surface area contributed by atoms with Gasteiger partial charge in [-0.15, -0.1) is 5.10 Å². The molecule has 1 unspecified atom stereocenters. The Kier molecular flexibility index (Phi) is 6.29. The molecule has 2 aromatic rings. The lowest BCUT2D eigenvalue weighted by molar-refractivity contribution is -0.143. The number of carbonyl (C=O) groups is 2. The number of nitrogens with one attached hydrogen (secondary N) is 1. The number of alkyl halides is 6. The Morgan fingerprint density at radius 1 is 1.06 bits per heavy atom. The zero-order valence-corrected chi connectivity index (χ0v) is 17.0. The summed E-state index contributed by atoms with van der Waals surface area (Å²) in [6.45, 7) is 1.08. The molecule has 176 valence electrons. The van der Waals surface area contributed by atoms with Crippen LogP contribution in [0.2, 0.25) is 0 Å². The first-order valence-corrected chi connectivity index (χ1v) is 9.16. The van der Waals surface area contributed by atoms with E-state index in [1.165, 1.54) is 26.4 Å². The number of nitrogens with zero attached hydrogens (tertiary/aromatic N) is 4. The Balaban J connectivity index is 1.98. The van der Waals surface area contributed by atoms with Gasteiger partial charge in [-0.05, 0) is 25.1 Å². The molecule has 1 aromatic heterocycles. The maximum absolute atomic E-state index is 13.1. The van der Waals surface area contributed by atoms with Crippen molar-refractivity contribution >= 4 is 17.7 Å². The van der Waals surface area contributed by atoms with Crippen molar-refractivity contribution in [2.45, 2.75) is 25.3 Å². The molecule has 0 fully saturated rings. The lowest BCUT2D eigenvalue weighted by Gasteiger charge is -2.26. The maximum Gasteiger partial charge on any atom is 0.416 e. The van der Waals surface area contributed by atoms with Gasteiger partial charge >= 0.3 is 12.4 Å². The Morgan fingerprint density at radius 2 is 1.64 bits per heavy atom. The van der Waals surface area contributed by atoms with Crippen LogP contribution < -0.4 is 5.43 Å². The van der Waals surface area contributed by atoms with Gasteiger partial charge in [0.05, 0.1) is 22.9 Å². The van der Waals surface area contributed by atoms with Crippen molar-refractivity contribution in [1.29, 1.82) is 0 Å². The number of aromatic nitrogens is 2. The predicted octanol–water partition coefficient (Wildman–Crippen LogP) is 3.16. The van der Waals surface area contributed by atoms with Gasteiger partial charge < -0.3 is 9.64 Å².